The molecule has 1 aliphatic heterocycles. The first-order chi connectivity index (χ1) is 14.8. The van der Waals surface area contributed by atoms with Crippen molar-refractivity contribution in [1.29, 1.82) is 0 Å². The van der Waals surface area contributed by atoms with Crippen LogP contribution < -0.4 is 4.31 Å². The molecule has 8 heteroatoms. The number of anilines is 1. The fourth-order valence-electron chi connectivity index (χ4n) is 4.16. The van der Waals surface area contributed by atoms with Crippen molar-refractivity contribution in [2.24, 2.45) is 0 Å². The molecule has 0 atom stereocenters. The number of hydrogen-bond donors (Lipinski definition) is 1. The third-order valence-electron chi connectivity index (χ3n) is 5.93. The number of nitrogens with zero attached hydrogens (tertiary/aromatic N) is 3. The zero-order valence-electron chi connectivity index (χ0n) is 18.1. The van der Waals surface area contributed by atoms with Gasteiger partial charge in [0.05, 0.1) is 22.5 Å². The van der Waals surface area contributed by atoms with Crippen molar-refractivity contribution in [3.63, 3.8) is 0 Å². The van der Waals surface area contributed by atoms with Gasteiger partial charge in [-0.3, -0.25) is 4.31 Å². The summed E-state index contributed by atoms with van der Waals surface area (Å²) in [6, 6.07) is 11.2. The number of hydrogen-bond acceptors (Lipinski definition) is 4. The van der Waals surface area contributed by atoms with E-state index in [0.717, 1.165) is 41.8 Å². The van der Waals surface area contributed by atoms with Crippen LogP contribution in [0, 0.1) is 6.92 Å². The van der Waals surface area contributed by atoms with Crippen molar-refractivity contribution in [3.8, 4) is 11.4 Å². The van der Waals surface area contributed by atoms with Crippen LogP contribution in [-0.4, -0.2) is 55.7 Å². The first-order valence-electron chi connectivity index (χ1n) is 10.8. The van der Waals surface area contributed by atoms with Crippen LogP contribution in [0.5, 0.6) is 0 Å². The van der Waals surface area contributed by atoms with E-state index >= 15 is 0 Å². The molecule has 1 fully saturated rings. The molecule has 6 nitrogen and oxygen atoms in total. The Kier molecular flexibility index (Phi) is 6.55. The van der Waals surface area contributed by atoms with Gasteiger partial charge in [0.2, 0.25) is 10.0 Å². The van der Waals surface area contributed by atoms with E-state index in [2.05, 4.69) is 14.9 Å². The summed E-state index contributed by atoms with van der Waals surface area (Å²) in [6.45, 7) is 4.97. The topological polar surface area (TPSA) is 69.3 Å². The molecule has 1 aliphatic rings. The number of piperidine rings is 1. The minimum absolute atomic E-state index is 0.128. The molecule has 0 bridgehead atoms. The molecule has 0 amide bonds. The highest BCUT2D eigenvalue weighted by Crippen LogP contribution is 2.33. The lowest BCUT2D eigenvalue weighted by Gasteiger charge is -2.27. The van der Waals surface area contributed by atoms with Gasteiger partial charge in [0.15, 0.2) is 0 Å². The van der Waals surface area contributed by atoms with Gasteiger partial charge in [0.25, 0.3) is 0 Å². The number of imidazole rings is 1. The van der Waals surface area contributed by atoms with Crippen LogP contribution in [0.4, 0.5) is 5.69 Å². The summed E-state index contributed by atoms with van der Waals surface area (Å²) in [5.74, 6) is 0.759. The largest absolute Gasteiger partial charge is 0.338 e. The van der Waals surface area contributed by atoms with Gasteiger partial charge < -0.3 is 9.88 Å². The van der Waals surface area contributed by atoms with E-state index in [4.69, 9.17) is 11.6 Å². The van der Waals surface area contributed by atoms with E-state index in [-0.39, 0.29) is 5.75 Å². The molecule has 1 aromatic heterocycles. The molecule has 0 radical (unpaired) electrons. The number of halogens is 1. The van der Waals surface area contributed by atoms with Crippen molar-refractivity contribution < 1.29 is 8.42 Å². The smallest absolute Gasteiger partial charge is 0.234 e. The lowest BCUT2D eigenvalue weighted by molar-refractivity contribution is 0.229. The molecule has 2 aromatic carbocycles. The van der Waals surface area contributed by atoms with E-state index in [0.29, 0.717) is 23.0 Å². The highest BCUT2D eigenvalue weighted by Gasteiger charge is 2.23. The molecule has 0 unspecified atom stereocenters. The van der Waals surface area contributed by atoms with Crippen molar-refractivity contribution in [1.82, 2.24) is 14.9 Å². The Morgan fingerprint density at radius 1 is 1.13 bits per heavy atom. The SMILES string of the molecule is Cc1ccc(N(C)S(=O)(=O)CCCN2CCCCC2)c(-c2nc3ccc(Cl)cc3[nH]2)c1. The van der Waals surface area contributed by atoms with Crippen LogP contribution in [0.1, 0.15) is 31.2 Å². The molecular weight excluding hydrogens is 432 g/mol. The van der Waals surface area contributed by atoms with Crippen LogP contribution in [-0.2, 0) is 10.0 Å². The highest BCUT2D eigenvalue weighted by atomic mass is 35.5. The van der Waals surface area contributed by atoms with Gasteiger partial charge in [0.1, 0.15) is 5.82 Å². The fourth-order valence-corrected chi connectivity index (χ4v) is 5.56. The van der Waals surface area contributed by atoms with E-state index in [1.165, 1.54) is 23.6 Å². The molecule has 0 aliphatic carbocycles. The first-order valence-corrected chi connectivity index (χ1v) is 12.8. The number of nitrogens with one attached hydrogen (secondary N) is 1. The molecule has 3 aromatic rings. The Balaban J connectivity index is 1.57. The Bertz CT molecular complexity index is 1170. The van der Waals surface area contributed by atoms with E-state index < -0.39 is 10.0 Å². The molecule has 166 valence electrons. The van der Waals surface area contributed by atoms with E-state index in [1.807, 2.05) is 37.3 Å². The zero-order valence-corrected chi connectivity index (χ0v) is 19.6. The van der Waals surface area contributed by atoms with Gasteiger partial charge in [-0.25, -0.2) is 13.4 Å². The molecule has 1 saturated heterocycles. The van der Waals surface area contributed by atoms with Crippen LogP contribution in [0.3, 0.4) is 0 Å². The second kappa shape index (κ2) is 9.18. The van der Waals surface area contributed by atoms with E-state index in [9.17, 15) is 8.42 Å². The van der Waals surface area contributed by atoms with E-state index in [1.54, 1.807) is 13.1 Å². The van der Waals surface area contributed by atoms with Gasteiger partial charge in [-0.15, -0.1) is 0 Å². The summed E-state index contributed by atoms with van der Waals surface area (Å²) < 4.78 is 27.6. The minimum Gasteiger partial charge on any atom is -0.338 e. The Morgan fingerprint density at radius 2 is 1.90 bits per heavy atom. The average Bonchev–Trinajstić information content (AvgIpc) is 3.17. The van der Waals surface area contributed by atoms with Crippen LogP contribution in [0.25, 0.3) is 22.4 Å². The lowest BCUT2D eigenvalue weighted by atomic mass is 10.1. The third kappa shape index (κ3) is 5.05. The molecule has 1 N–H and O–H groups in total. The quantitative estimate of drug-likeness (QED) is 0.548. The second-order valence-electron chi connectivity index (χ2n) is 8.31. The standard InChI is InChI=1S/C23H29ClN4O2S/c1-17-7-10-22(19(15-17)23-25-20-9-8-18(24)16-21(20)26-23)27(2)31(29,30)14-6-13-28-11-4-3-5-12-28/h7-10,15-16H,3-6,11-14H2,1-2H3,(H,25,26). The Labute approximate surface area is 189 Å². The summed E-state index contributed by atoms with van der Waals surface area (Å²) in [5, 5.41) is 0.626. The normalized spacial score (nSPS) is 15.5. The van der Waals surface area contributed by atoms with Gasteiger partial charge in [-0.1, -0.05) is 29.7 Å². The van der Waals surface area contributed by atoms with Gasteiger partial charge in [-0.05, 0) is 76.2 Å². The molecular formula is C23H29ClN4O2S. The monoisotopic (exact) mass is 460 g/mol. The summed E-state index contributed by atoms with van der Waals surface area (Å²) in [5.41, 5.74) is 4.03. The van der Waals surface area contributed by atoms with Crippen LogP contribution >= 0.6 is 11.6 Å². The van der Waals surface area contributed by atoms with Crippen LogP contribution in [0.15, 0.2) is 36.4 Å². The van der Waals surface area contributed by atoms with Gasteiger partial charge in [0, 0.05) is 17.6 Å². The first kappa shape index (κ1) is 22.1. The summed E-state index contributed by atoms with van der Waals surface area (Å²) in [7, 11) is -1.82. The predicted molar refractivity (Wildman–Crippen MR) is 128 cm³/mol. The second-order valence-corrected chi connectivity index (χ2v) is 10.9. The average molecular weight is 461 g/mol. The summed E-state index contributed by atoms with van der Waals surface area (Å²) in [6.07, 6.45) is 4.34. The maximum absolute atomic E-state index is 13.1. The molecule has 2 heterocycles. The van der Waals surface area contributed by atoms with Gasteiger partial charge in [-0.2, -0.15) is 0 Å². The number of likely N-dealkylation sites (tertiary alicyclic amines) is 1. The van der Waals surface area contributed by atoms with Crippen molar-refractivity contribution >= 4 is 38.3 Å². The van der Waals surface area contributed by atoms with Crippen LogP contribution in [0.2, 0.25) is 5.02 Å². The minimum atomic E-state index is -3.45. The van der Waals surface area contributed by atoms with Crippen molar-refractivity contribution in [2.45, 2.75) is 32.6 Å². The maximum Gasteiger partial charge on any atom is 0.234 e. The number of benzene rings is 2. The number of aromatic amines is 1. The highest BCUT2D eigenvalue weighted by molar-refractivity contribution is 7.92. The number of H-pyrrole nitrogens is 1. The number of sulfonamides is 1. The molecule has 0 saturated carbocycles. The predicted octanol–water partition coefficient (Wildman–Crippen LogP) is 4.83. The molecule has 31 heavy (non-hydrogen) atoms. The zero-order chi connectivity index (χ0) is 22.0. The van der Waals surface area contributed by atoms with Gasteiger partial charge >= 0.3 is 0 Å². The summed E-state index contributed by atoms with van der Waals surface area (Å²) in [4.78, 5) is 10.3. The lowest BCUT2D eigenvalue weighted by Crippen LogP contribution is -2.34. The summed E-state index contributed by atoms with van der Waals surface area (Å²) >= 11 is 6.11. The number of aromatic nitrogens is 2. The van der Waals surface area contributed by atoms with Crippen molar-refractivity contribution in [2.75, 3.05) is 36.7 Å². The third-order valence-corrected chi connectivity index (χ3v) is 8.00. The Morgan fingerprint density at radius 3 is 2.68 bits per heavy atom. The number of aryl methyl sites for hydroxylation is 1. The molecule has 4 rings (SSSR count). The number of rotatable bonds is 7. The Hall–Kier alpha value is -2.09. The maximum atomic E-state index is 13.1. The molecule has 0 spiro atoms. The number of fused-ring (bicyclic) bond motifs is 1. The van der Waals surface area contributed by atoms with Crippen molar-refractivity contribution in [3.05, 3.63) is 47.0 Å². The fraction of sp³-hybridized carbons (Fsp3) is 0.435.